The molecule has 0 fully saturated rings. The number of anilines is 2. The highest BCUT2D eigenvalue weighted by Gasteiger charge is 2.22. The Morgan fingerprint density at radius 3 is 1.95 bits per heavy atom. The number of hydrogen-bond donors (Lipinski definition) is 0. The van der Waals surface area contributed by atoms with Gasteiger partial charge in [0.25, 0.3) is 0 Å². The zero-order chi connectivity index (χ0) is 15.4. The molecule has 0 aliphatic rings. The Labute approximate surface area is 121 Å². The first kappa shape index (κ1) is 16.2. The lowest BCUT2D eigenvalue weighted by atomic mass is 9.91. The number of benzene rings is 1. The number of hydrogen-bond acceptors (Lipinski definition) is 4. The van der Waals surface area contributed by atoms with Crippen molar-refractivity contribution in [2.75, 3.05) is 38.0 Å². The van der Waals surface area contributed by atoms with Gasteiger partial charge in [0, 0.05) is 39.6 Å². The van der Waals surface area contributed by atoms with E-state index in [9.17, 15) is 9.59 Å². The SMILES string of the molecule is CC(=O)C(Cc1cc(N(C)C)ccc1N(C)C)C(C)=O. The minimum absolute atomic E-state index is 0.0718. The Hall–Kier alpha value is -1.84. The van der Waals surface area contributed by atoms with E-state index in [0.717, 1.165) is 16.9 Å². The molecule has 0 amide bonds. The van der Waals surface area contributed by atoms with Crippen LogP contribution in [0.15, 0.2) is 18.2 Å². The summed E-state index contributed by atoms with van der Waals surface area (Å²) in [5.41, 5.74) is 3.14. The molecule has 0 bridgehead atoms. The van der Waals surface area contributed by atoms with Crippen LogP contribution in [0.5, 0.6) is 0 Å². The van der Waals surface area contributed by atoms with Crippen LogP contribution < -0.4 is 9.80 Å². The van der Waals surface area contributed by atoms with Gasteiger partial charge in [0.1, 0.15) is 11.6 Å². The molecule has 110 valence electrons. The molecule has 0 heterocycles. The summed E-state index contributed by atoms with van der Waals surface area (Å²) >= 11 is 0. The lowest BCUT2D eigenvalue weighted by Crippen LogP contribution is -2.23. The van der Waals surface area contributed by atoms with Crippen LogP contribution in [0.3, 0.4) is 0 Å². The topological polar surface area (TPSA) is 40.6 Å². The van der Waals surface area contributed by atoms with Gasteiger partial charge in [-0.15, -0.1) is 0 Å². The van der Waals surface area contributed by atoms with Crippen molar-refractivity contribution in [3.05, 3.63) is 23.8 Å². The molecule has 0 radical (unpaired) electrons. The first-order chi connectivity index (χ1) is 9.23. The van der Waals surface area contributed by atoms with Crippen LogP contribution in [0.25, 0.3) is 0 Å². The zero-order valence-corrected chi connectivity index (χ0v) is 13.2. The number of rotatable bonds is 6. The summed E-state index contributed by atoms with van der Waals surface area (Å²) < 4.78 is 0. The Balaban J connectivity index is 3.21. The molecule has 0 unspecified atom stereocenters. The standard InChI is InChI=1S/C16H24N2O2/c1-11(19)15(12(2)20)10-13-9-14(17(3)4)7-8-16(13)18(5)6/h7-9,15H,10H2,1-6H3. The van der Waals surface area contributed by atoms with Crippen LogP contribution in [0.1, 0.15) is 19.4 Å². The van der Waals surface area contributed by atoms with Gasteiger partial charge >= 0.3 is 0 Å². The second kappa shape index (κ2) is 6.55. The smallest absolute Gasteiger partial charge is 0.140 e. The van der Waals surface area contributed by atoms with Gasteiger partial charge in [-0.2, -0.15) is 0 Å². The van der Waals surface area contributed by atoms with Crippen molar-refractivity contribution in [2.45, 2.75) is 20.3 Å². The highest BCUT2D eigenvalue weighted by Crippen LogP contribution is 2.27. The Bertz CT molecular complexity index is 493. The predicted molar refractivity (Wildman–Crippen MR) is 83.7 cm³/mol. The molecule has 0 aliphatic heterocycles. The molecule has 4 heteroatoms. The summed E-state index contributed by atoms with van der Waals surface area (Å²) in [7, 11) is 7.87. The molecule has 0 saturated heterocycles. The van der Waals surface area contributed by atoms with Crippen molar-refractivity contribution in [2.24, 2.45) is 5.92 Å². The van der Waals surface area contributed by atoms with Gasteiger partial charge in [0.2, 0.25) is 0 Å². The van der Waals surface area contributed by atoms with Gasteiger partial charge in [-0.3, -0.25) is 9.59 Å². The molecule has 0 atom stereocenters. The quantitative estimate of drug-likeness (QED) is 0.747. The molecule has 4 nitrogen and oxygen atoms in total. The summed E-state index contributed by atoms with van der Waals surface area (Å²) in [6, 6.07) is 6.12. The summed E-state index contributed by atoms with van der Waals surface area (Å²) in [5.74, 6) is -0.693. The Morgan fingerprint density at radius 1 is 1.00 bits per heavy atom. The van der Waals surface area contributed by atoms with Gasteiger partial charge in [0.15, 0.2) is 0 Å². The van der Waals surface area contributed by atoms with Crippen LogP contribution >= 0.6 is 0 Å². The third-order valence-electron chi connectivity index (χ3n) is 3.47. The second-order valence-corrected chi connectivity index (χ2v) is 5.58. The largest absolute Gasteiger partial charge is 0.378 e. The minimum atomic E-state index is -0.550. The first-order valence-corrected chi connectivity index (χ1v) is 6.72. The van der Waals surface area contributed by atoms with Gasteiger partial charge in [-0.05, 0) is 44.0 Å². The average molecular weight is 276 g/mol. The summed E-state index contributed by atoms with van der Waals surface area (Å²) in [4.78, 5) is 27.3. The van der Waals surface area contributed by atoms with E-state index in [0.29, 0.717) is 6.42 Å². The van der Waals surface area contributed by atoms with E-state index in [1.54, 1.807) is 0 Å². The fourth-order valence-electron chi connectivity index (χ4n) is 2.24. The van der Waals surface area contributed by atoms with Gasteiger partial charge in [0.05, 0.1) is 5.92 Å². The Kier molecular flexibility index (Phi) is 5.31. The molecule has 1 aromatic rings. The van der Waals surface area contributed by atoms with E-state index in [1.165, 1.54) is 13.8 Å². The van der Waals surface area contributed by atoms with Crippen molar-refractivity contribution in [3.63, 3.8) is 0 Å². The lowest BCUT2D eigenvalue weighted by Gasteiger charge is -2.22. The van der Waals surface area contributed by atoms with Crippen molar-refractivity contribution >= 4 is 22.9 Å². The van der Waals surface area contributed by atoms with E-state index in [-0.39, 0.29) is 11.6 Å². The number of ketones is 2. The highest BCUT2D eigenvalue weighted by atomic mass is 16.1. The zero-order valence-electron chi connectivity index (χ0n) is 13.2. The van der Waals surface area contributed by atoms with Crippen LogP contribution in [0.4, 0.5) is 11.4 Å². The second-order valence-electron chi connectivity index (χ2n) is 5.58. The Morgan fingerprint density at radius 2 is 1.55 bits per heavy atom. The molecular weight excluding hydrogens is 252 g/mol. The minimum Gasteiger partial charge on any atom is -0.378 e. The molecule has 0 spiro atoms. The molecule has 0 N–H and O–H groups in total. The first-order valence-electron chi connectivity index (χ1n) is 6.72. The van der Waals surface area contributed by atoms with E-state index in [4.69, 9.17) is 0 Å². The number of Topliss-reactive ketones (excluding diaryl/α,β-unsaturated/α-hetero) is 2. The van der Waals surface area contributed by atoms with Crippen LogP contribution in [0, 0.1) is 5.92 Å². The van der Waals surface area contributed by atoms with Crippen molar-refractivity contribution in [1.82, 2.24) is 0 Å². The fourth-order valence-corrected chi connectivity index (χ4v) is 2.24. The normalized spacial score (nSPS) is 10.6. The van der Waals surface area contributed by atoms with Crippen molar-refractivity contribution < 1.29 is 9.59 Å². The van der Waals surface area contributed by atoms with Crippen molar-refractivity contribution in [1.29, 1.82) is 0 Å². The number of carbonyl (C=O) groups is 2. The van der Waals surface area contributed by atoms with Gasteiger partial charge < -0.3 is 9.80 Å². The number of carbonyl (C=O) groups excluding carboxylic acids is 2. The van der Waals surface area contributed by atoms with Crippen molar-refractivity contribution in [3.8, 4) is 0 Å². The van der Waals surface area contributed by atoms with E-state index >= 15 is 0 Å². The molecule has 0 aliphatic carbocycles. The maximum atomic E-state index is 11.6. The van der Waals surface area contributed by atoms with Gasteiger partial charge in [-0.25, -0.2) is 0 Å². The van der Waals surface area contributed by atoms with Gasteiger partial charge in [-0.1, -0.05) is 0 Å². The molecular formula is C16H24N2O2. The molecule has 0 aromatic heterocycles. The van der Waals surface area contributed by atoms with E-state index in [1.807, 2.05) is 56.2 Å². The third-order valence-corrected chi connectivity index (χ3v) is 3.47. The maximum Gasteiger partial charge on any atom is 0.140 e. The van der Waals surface area contributed by atoms with E-state index < -0.39 is 5.92 Å². The summed E-state index contributed by atoms with van der Waals surface area (Å²) in [6.45, 7) is 2.97. The highest BCUT2D eigenvalue weighted by molar-refractivity contribution is 6.00. The summed E-state index contributed by atoms with van der Waals surface area (Å²) in [6.07, 6.45) is 0.458. The van der Waals surface area contributed by atoms with E-state index in [2.05, 4.69) is 0 Å². The fraction of sp³-hybridized carbons (Fsp3) is 0.500. The third kappa shape index (κ3) is 3.83. The van der Waals surface area contributed by atoms with Crippen LogP contribution in [-0.4, -0.2) is 39.8 Å². The van der Waals surface area contributed by atoms with Crippen LogP contribution in [0.2, 0.25) is 0 Å². The lowest BCUT2D eigenvalue weighted by molar-refractivity contribution is -0.130. The molecule has 1 aromatic carbocycles. The monoisotopic (exact) mass is 276 g/mol. The maximum absolute atomic E-state index is 11.6. The molecule has 1 rings (SSSR count). The summed E-state index contributed by atoms with van der Waals surface area (Å²) in [5, 5.41) is 0. The average Bonchev–Trinajstić information content (AvgIpc) is 2.34. The molecule has 20 heavy (non-hydrogen) atoms. The molecule has 0 saturated carbocycles. The van der Waals surface area contributed by atoms with Crippen LogP contribution in [-0.2, 0) is 16.0 Å². The predicted octanol–water partition coefficient (Wildman–Crippen LogP) is 2.16. The number of nitrogens with zero attached hydrogens (tertiary/aromatic N) is 2.